The minimum Gasteiger partial charge on any atom is -0.360 e. The van der Waals surface area contributed by atoms with Gasteiger partial charge < -0.3 is 15.2 Å². The quantitative estimate of drug-likeness (QED) is 0.484. The van der Waals surface area contributed by atoms with E-state index in [0.29, 0.717) is 0 Å². The fourth-order valence-electron chi connectivity index (χ4n) is 2.22. The Morgan fingerprint density at radius 3 is 2.24 bits per heavy atom. The minimum atomic E-state index is -0.370. The molecule has 0 aliphatic rings. The average Bonchev–Trinajstić information content (AvgIpc) is 2.32. The van der Waals surface area contributed by atoms with Crippen LogP contribution in [0.5, 0.6) is 0 Å². The SMILES string of the molecule is CCCCC(CC(C)(C)CN)[SiH2]C(OC)OC. The van der Waals surface area contributed by atoms with E-state index in [0.717, 1.165) is 12.1 Å². The highest BCUT2D eigenvalue weighted by molar-refractivity contribution is 6.38. The van der Waals surface area contributed by atoms with Crippen LogP contribution in [0.3, 0.4) is 0 Å². The average molecular weight is 261 g/mol. The molecule has 104 valence electrons. The third-order valence-electron chi connectivity index (χ3n) is 3.41. The number of methoxy groups -OCH3 is 2. The van der Waals surface area contributed by atoms with E-state index in [9.17, 15) is 0 Å². The Bertz CT molecular complexity index is 184. The lowest BCUT2D eigenvalue weighted by Crippen LogP contribution is -2.31. The molecule has 0 bridgehead atoms. The lowest BCUT2D eigenvalue weighted by Gasteiger charge is -2.30. The molecular formula is C13H31NO2Si. The summed E-state index contributed by atoms with van der Waals surface area (Å²) in [5.74, 6) is 0.0606. The zero-order chi connectivity index (χ0) is 13.3. The largest absolute Gasteiger partial charge is 0.360 e. The second-order valence-electron chi connectivity index (χ2n) is 5.72. The topological polar surface area (TPSA) is 44.5 Å². The number of nitrogens with two attached hydrogens (primary N) is 1. The zero-order valence-corrected chi connectivity index (χ0v) is 13.7. The van der Waals surface area contributed by atoms with Crippen LogP contribution < -0.4 is 5.73 Å². The van der Waals surface area contributed by atoms with Crippen molar-refractivity contribution >= 4 is 9.52 Å². The molecule has 0 heterocycles. The van der Waals surface area contributed by atoms with Gasteiger partial charge in [-0.3, -0.25) is 0 Å². The molecule has 4 heteroatoms. The summed E-state index contributed by atoms with van der Waals surface area (Å²) in [5.41, 5.74) is 6.86. The molecule has 0 aliphatic heterocycles. The molecule has 0 aromatic carbocycles. The molecule has 0 aromatic rings. The molecular weight excluding hydrogens is 230 g/mol. The lowest BCUT2D eigenvalue weighted by molar-refractivity contribution is -0.0452. The molecule has 1 atom stereocenters. The number of ether oxygens (including phenoxy) is 2. The van der Waals surface area contributed by atoms with Gasteiger partial charge in [-0.05, 0) is 23.9 Å². The van der Waals surface area contributed by atoms with Crippen molar-refractivity contribution in [3.63, 3.8) is 0 Å². The number of rotatable bonds is 10. The molecule has 2 N–H and O–H groups in total. The molecule has 0 fully saturated rings. The molecule has 0 amide bonds. The molecule has 0 radical (unpaired) electrons. The van der Waals surface area contributed by atoms with E-state index < -0.39 is 0 Å². The molecule has 1 unspecified atom stereocenters. The smallest absolute Gasteiger partial charge is 0.134 e. The summed E-state index contributed by atoms with van der Waals surface area (Å²) < 4.78 is 10.7. The van der Waals surface area contributed by atoms with Crippen molar-refractivity contribution in [3.05, 3.63) is 0 Å². The zero-order valence-electron chi connectivity index (χ0n) is 12.3. The predicted octanol–water partition coefficient (Wildman–Crippen LogP) is 2.09. The van der Waals surface area contributed by atoms with E-state index in [-0.39, 0.29) is 20.8 Å². The highest BCUT2D eigenvalue weighted by Crippen LogP contribution is 2.31. The van der Waals surface area contributed by atoms with Crippen LogP contribution in [-0.2, 0) is 9.47 Å². The van der Waals surface area contributed by atoms with E-state index in [1.165, 1.54) is 25.7 Å². The van der Waals surface area contributed by atoms with Gasteiger partial charge in [0.25, 0.3) is 0 Å². The van der Waals surface area contributed by atoms with Gasteiger partial charge in [0.2, 0.25) is 0 Å². The van der Waals surface area contributed by atoms with Gasteiger partial charge >= 0.3 is 0 Å². The standard InChI is InChI=1S/C13H31NO2Si/c1-6-7-8-11(9-13(2,3)10-14)17-12(15-4)16-5/h11-12H,6-10,14,17H2,1-5H3. The molecule has 0 spiro atoms. The van der Waals surface area contributed by atoms with Gasteiger partial charge in [-0.15, -0.1) is 0 Å². The number of hydrogen-bond donors (Lipinski definition) is 1. The van der Waals surface area contributed by atoms with Crippen molar-refractivity contribution in [2.75, 3.05) is 20.8 Å². The first-order valence-electron chi connectivity index (χ1n) is 6.74. The molecule has 0 aliphatic carbocycles. The van der Waals surface area contributed by atoms with Crippen molar-refractivity contribution in [2.24, 2.45) is 11.1 Å². The second-order valence-corrected chi connectivity index (χ2v) is 8.01. The normalized spacial score (nSPS) is 15.0. The van der Waals surface area contributed by atoms with Gasteiger partial charge in [0.1, 0.15) is 5.91 Å². The number of hydrogen-bond acceptors (Lipinski definition) is 3. The third-order valence-corrected chi connectivity index (χ3v) is 5.83. The maximum atomic E-state index is 5.83. The Balaban J connectivity index is 4.31. The molecule has 0 saturated carbocycles. The summed E-state index contributed by atoms with van der Waals surface area (Å²) >= 11 is 0. The van der Waals surface area contributed by atoms with Crippen LogP contribution in [0, 0.1) is 5.41 Å². The highest BCUT2D eigenvalue weighted by Gasteiger charge is 2.24. The first-order valence-corrected chi connectivity index (χ1v) is 8.38. The predicted molar refractivity (Wildman–Crippen MR) is 77.1 cm³/mol. The highest BCUT2D eigenvalue weighted by atomic mass is 28.2. The van der Waals surface area contributed by atoms with Crippen molar-refractivity contribution in [2.45, 2.75) is 57.9 Å². The Kier molecular flexibility index (Phi) is 9.14. The Labute approximate surface area is 109 Å². The van der Waals surface area contributed by atoms with Crippen molar-refractivity contribution in [1.82, 2.24) is 0 Å². The van der Waals surface area contributed by atoms with E-state index in [1.807, 2.05) is 0 Å². The van der Waals surface area contributed by atoms with Gasteiger partial charge in [-0.25, -0.2) is 0 Å². The second kappa shape index (κ2) is 9.08. The minimum absolute atomic E-state index is 0.0606. The summed E-state index contributed by atoms with van der Waals surface area (Å²) in [5, 5.41) is 0. The molecule has 17 heavy (non-hydrogen) atoms. The first-order chi connectivity index (χ1) is 7.99. The lowest BCUT2D eigenvalue weighted by atomic mass is 9.86. The Morgan fingerprint density at radius 1 is 1.24 bits per heavy atom. The van der Waals surface area contributed by atoms with Crippen LogP contribution in [0.4, 0.5) is 0 Å². The van der Waals surface area contributed by atoms with E-state index in [4.69, 9.17) is 15.2 Å². The van der Waals surface area contributed by atoms with Crippen LogP contribution in [-0.4, -0.2) is 36.2 Å². The summed E-state index contributed by atoms with van der Waals surface area (Å²) in [6.45, 7) is 7.52. The van der Waals surface area contributed by atoms with Crippen LogP contribution in [0.2, 0.25) is 5.54 Å². The fourth-order valence-corrected chi connectivity index (χ4v) is 4.62. The van der Waals surface area contributed by atoms with Gasteiger partial charge in [0.15, 0.2) is 0 Å². The van der Waals surface area contributed by atoms with Crippen molar-refractivity contribution < 1.29 is 9.47 Å². The molecule has 0 rings (SSSR count). The van der Waals surface area contributed by atoms with Gasteiger partial charge in [-0.1, -0.05) is 40.0 Å². The van der Waals surface area contributed by atoms with Gasteiger partial charge in [-0.2, -0.15) is 0 Å². The monoisotopic (exact) mass is 261 g/mol. The van der Waals surface area contributed by atoms with E-state index in [2.05, 4.69) is 20.8 Å². The third kappa shape index (κ3) is 7.92. The molecule has 0 saturated heterocycles. The van der Waals surface area contributed by atoms with Crippen LogP contribution in [0.25, 0.3) is 0 Å². The van der Waals surface area contributed by atoms with Crippen molar-refractivity contribution in [3.8, 4) is 0 Å². The maximum Gasteiger partial charge on any atom is 0.134 e. The fraction of sp³-hybridized carbons (Fsp3) is 1.00. The first kappa shape index (κ1) is 17.1. The summed E-state index contributed by atoms with van der Waals surface area (Å²) in [7, 11) is 3.11. The van der Waals surface area contributed by atoms with Gasteiger partial charge in [0.05, 0.1) is 9.52 Å². The van der Waals surface area contributed by atoms with Gasteiger partial charge in [0, 0.05) is 14.2 Å². The summed E-state index contributed by atoms with van der Waals surface area (Å²) in [6.07, 6.45) is 5.07. The molecule has 0 aromatic heterocycles. The van der Waals surface area contributed by atoms with E-state index in [1.54, 1.807) is 14.2 Å². The van der Waals surface area contributed by atoms with Crippen LogP contribution in [0.15, 0.2) is 0 Å². The summed E-state index contributed by atoms with van der Waals surface area (Å²) in [6, 6.07) is 0. The molecule has 3 nitrogen and oxygen atoms in total. The Morgan fingerprint density at radius 2 is 1.82 bits per heavy atom. The summed E-state index contributed by atoms with van der Waals surface area (Å²) in [4.78, 5) is 0. The van der Waals surface area contributed by atoms with E-state index >= 15 is 0 Å². The Hall–Kier alpha value is 0.0969. The van der Waals surface area contributed by atoms with Crippen LogP contribution >= 0.6 is 0 Å². The number of unbranched alkanes of at least 4 members (excludes halogenated alkanes) is 1. The van der Waals surface area contributed by atoms with Crippen LogP contribution in [0.1, 0.15) is 46.5 Å². The van der Waals surface area contributed by atoms with Crippen molar-refractivity contribution in [1.29, 1.82) is 0 Å². The maximum absolute atomic E-state index is 5.83.